The van der Waals surface area contributed by atoms with Crippen molar-refractivity contribution in [2.24, 2.45) is 5.73 Å². The third-order valence-corrected chi connectivity index (χ3v) is 4.28. The SMILES string of the molecule is CCCCc1ccc(C(N)C(CC)c2ccccc2)cc1. The highest BCUT2D eigenvalue weighted by Gasteiger charge is 2.19. The summed E-state index contributed by atoms with van der Waals surface area (Å²) in [6, 6.07) is 19.6. The van der Waals surface area contributed by atoms with Gasteiger partial charge in [-0.25, -0.2) is 0 Å². The van der Waals surface area contributed by atoms with E-state index in [1.54, 1.807) is 0 Å². The van der Waals surface area contributed by atoms with Crippen molar-refractivity contribution in [3.05, 3.63) is 71.3 Å². The zero-order chi connectivity index (χ0) is 15.1. The molecule has 0 aliphatic carbocycles. The fraction of sp³-hybridized carbons (Fsp3) is 0.400. The minimum Gasteiger partial charge on any atom is -0.323 e. The summed E-state index contributed by atoms with van der Waals surface area (Å²) in [7, 11) is 0. The Kier molecular flexibility index (Phi) is 6.01. The highest BCUT2D eigenvalue weighted by molar-refractivity contribution is 5.30. The van der Waals surface area contributed by atoms with Crippen LogP contribution in [0.4, 0.5) is 0 Å². The van der Waals surface area contributed by atoms with E-state index in [1.165, 1.54) is 36.0 Å². The molecule has 112 valence electrons. The van der Waals surface area contributed by atoms with Crippen LogP contribution < -0.4 is 5.73 Å². The molecule has 0 bridgehead atoms. The summed E-state index contributed by atoms with van der Waals surface area (Å²) in [4.78, 5) is 0. The van der Waals surface area contributed by atoms with Crippen LogP contribution in [-0.4, -0.2) is 0 Å². The van der Waals surface area contributed by atoms with Crippen molar-refractivity contribution in [1.29, 1.82) is 0 Å². The number of unbranched alkanes of at least 4 members (excludes halogenated alkanes) is 1. The van der Waals surface area contributed by atoms with Crippen LogP contribution in [0.5, 0.6) is 0 Å². The first-order valence-corrected chi connectivity index (χ1v) is 8.15. The number of hydrogen-bond acceptors (Lipinski definition) is 1. The summed E-state index contributed by atoms with van der Waals surface area (Å²) < 4.78 is 0. The van der Waals surface area contributed by atoms with Crippen molar-refractivity contribution in [2.75, 3.05) is 0 Å². The second-order valence-electron chi connectivity index (χ2n) is 5.80. The van der Waals surface area contributed by atoms with Crippen molar-refractivity contribution in [3.63, 3.8) is 0 Å². The Morgan fingerprint density at radius 3 is 2.10 bits per heavy atom. The number of aryl methyl sites for hydroxylation is 1. The Balaban J connectivity index is 2.12. The van der Waals surface area contributed by atoms with Crippen LogP contribution in [0.2, 0.25) is 0 Å². The molecule has 0 aliphatic heterocycles. The zero-order valence-corrected chi connectivity index (χ0v) is 13.3. The summed E-state index contributed by atoms with van der Waals surface area (Å²) in [5.41, 5.74) is 10.5. The van der Waals surface area contributed by atoms with Gasteiger partial charge in [0.2, 0.25) is 0 Å². The van der Waals surface area contributed by atoms with Crippen molar-refractivity contribution < 1.29 is 0 Å². The third-order valence-electron chi connectivity index (χ3n) is 4.28. The van der Waals surface area contributed by atoms with E-state index in [2.05, 4.69) is 68.4 Å². The molecule has 0 aromatic heterocycles. The highest BCUT2D eigenvalue weighted by atomic mass is 14.7. The molecule has 0 heterocycles. The number of hydrogen-bond donors (Lipinski definition) is 1. The first kappa shape index (κ1) is 15.8. The van der Waals surface area contributed by atoms with Gasteiger partial charge in [-0.15, -0.1) is 0 Å². The molecular formula is C20H27N. The van der Waals surface area contributed by atoms with E-state index in [4.69, 9.17) is 5.73 Å². The van der Waals surface area contributed by atoms with Crippen molar-refractivity contribution in [3.8, 4) is 0 Å². The van der Waals surface area contributed by atoms with Gasteiger partial charge >= 0.3 is 0 Å². The Bertz CT molecular complexity index is 515. The standard InChI is InChI=1S/C20H27N/c1-3-5-9-16-12-14-18(15-13-16)20(21)19(4-2)17-10-7-6-8-11-17/h6-8,10-15,19-20H,3-5,9,21H2,1-2H3. The smallest absolute Gasteiger partial charge is 0.0364 e. The van der Waals surface area contributed by atoms with Crippen molar-refractivity contribution >= 4 is 0 Å². The third kappa shape index (κ3) is 4.18. The van der Waals surface area contributed by atoms with Crippen molar-refractivity contribution in [2.45, 2.75) is 51.5 Å². The largest absolute Gasteiger partial charge is 0.323 e. The molecule has 0 fully saturated rings. The predicted octanol–water partition coefficient (Wildman–Crippen LogP) is 5.22. The van der Waals surface area contributed by atoms with E-state index in [-0.39, 0.29) is 6.04 Å². The molecule has 0 saturated heterocycles. The number of rotatable bonds is 7. The van der Waals surface area contributed by atoms with Gasteiger partial charge in [0.15, 0.2) is 0 Å². The van der Waals surface area contributed by atoms with Crippen molar-refractivity contribution in [1.82, 2.24) is 0 Å². The summed E-state index contributed by atoms with van der Waals surface area (Å²) in [5, 5.41) is 0. The first-order chi connectivity index (χ1) is 10.3. The van der Waals surface area contributed by atoms with Gasteiger partial charge in [0.25, 0.3) is 0 Å². The van der Waals surface area contributed by atoms with Gasteiger partial charge in [-0.3, -0.25) is 0 Å². The Hall–Kier alpha value is -1.60. The lowest BCUT2D eigenvalue weighted by Crippen LogP contribution is -2.19. The van der Waals surface area contributed by atoms with Crippen LogP contribution in [0, 0.1) is 0 Å². The second-order valence-corrected chi connectivity index (χ2v) is 5.80. The van der Waals surface area contributed by atoms with Crippen LogP contribution in [0.25, 0.3) is 0 Å². The molecule has 0 amide bonds. The molecule has 1 nitrogen and oxygen atoms in total. The van der Waals surface area contributed by atoms with E-state index in [1.807, 2.05) is 0 Å². The maximum Gasteiger partial charge on any atom is 0.0364 e. The van der Waals surface area contributed by atoms with E-state index in [0.717, 1.165) is 6.42 Å². The topological polar surface area (TPSA) is 26.0 Å². The lowest BCUT2D eigenvalue weighted by molar-refractivity contribution is 0.539. The number of nitrogens with two attached hydrogens (primary N) is 1. The lowest BCUT2D eigenvalue weighted by atomic mass is 9.85. The molecule has 2 N–H and O–H groups in total. The average Bonchev–Trinajstić information content (AvgIpc) is 2.55. The van der Waals surface area contributed by atoms with Crippen LogP contribution in [0.1, 0.15) is 61.8 Å². The summed E-state index contributed by atoms with van der Waals surface area (Å²) >= 11 is 0. The maximum atomic E-state index is 6.53. The highest BCUT2D eigenvalue weighted by Crippen LogP contribution is 2.31. The number of benzene rings is 2. The fourth-order valence-corrected chi connectivity index (χ4v) is 2.92. The molecule has 0 radical (unpaired) electrons. The van der Waals surface area contributed by atoms with Crippen LogP contribution >= 0.6 is 0 Å². The molecule has 2 unspecified atom stereocenters. The average molecular weight is 281 g/mol. The van der Waals surface area contributed by atoms with Crippen LogP contribution in [0.3, 0.4) is 0 Å². The second kappa shape index (κ2) is 7.99. The van der Waals surface area contributed by atoms with E-state index >= 15 is 0 Å². The molecule has 0 saturated carbocycles. The predicted molar refractivity (Wildman–Crippen MR) is 91.5 cm³/mol. The van der Waals surface area contributed by atoms with E-state index in [9.17, 15) is 0 Å². The summed E-state index contributed by atoms with van der Waals surface area (Å²) in [6.45, 7) is 4.45. The molecule has 0 spiro atoms. The van der Waals surface area contributed by atoms with Gasteiger partial charge in [0.05, 0.1) is 0 Å². The van der Waals surface area contributed by atoms with Gasteiger partial charge in [0, 0.05) is 12.0 Å². The molecule has 2 aromatic rings. The van der Waals surface area contributed by atoms with Gasteiger partial charge in [-0.1, -0.05) is 74.9 Å². The Labute approximate surface area is 129 Å². The molecule has 2 aromatic carbocycles. The zero-order valence-electron chi connectivity index (χ0n) is 13.3. The summed E-state index contributed by atoms with van der Waals surface area (Å²) in [5.74, 6) is 0.382. The molecular weight excluding hydrogens is 254 g/mol. The van der Waals surface area contributed by atoms with Gasteiger partial charge in [-0.05, 0) is 36.0 Å². The minimum absolute atomic E-state index is 0.0672. The van der Waals surface area contributed by atoms with Crippen LogP contribution in [-0.2, 0) is 6.42 Å². The first-order valence-electron chi connectivity index (χ1n) is 8.15. The Morgan fingerprint density at radius 2 is 1.52 bits per heavy atom. The van der Waals surface area contributed by atoms with E-state index < -0.39 is 0 Å². The lowest BCUT2D eigenvalue weighted by Gasteiger charge is -2.23. The summed E-state index contributed by atoms with van der Waals surface area (Å²) in [6.07, 6.45) is 4.73. The molecule has 2 rings (SSSR count). The van der Waals surface area contributed by atoms with Gasteiger partial charge < -0.3 is 5.73 Å². The monoisotopic (exact) mass is 281 g/mol. The maximum absolute atomic E-state index is 6.53. The van der Waals surface area contributed by atoms with Gasteiger partial charge in [-0.2, -0.15) is 0 Å². The molecule has 2 atom stereocenters. The van der Waals surface area contributed by atoms with Crippen LogP contribution in [0.15, 0.2) is 54.6 Å². The fourth-order valence-electron chi connectivity index (χ4n) is 2.92. The molecule has 21 heavy (non-hydrogen) atoms. The normalized spacial score (nSPS) is 13.9. The van der Waals surface area contributed by atoms with Gasteiger partial charge in [0.1, 0.15) is 0 Å². The molecule has 1 heteroatoms. The minimum atomic E-state index is 0.0672. The quantitative estimate of drug-likeness (QED) is 0.739. The van der Waals surface area contributed by atoms with E-state index in [0.29, 0.717) is 5.92 Å². The Morgan fingerprint density at radius 1 is 0.857 bits per heavy atom. The molecule has 0 aliphatic rings.